The van der Waals surface area contributed by atoms with Crippen molar-refractivity contribution in [2.75, 3.05) is 0 Å². The lowest BCUT2D eigenvalue weighted by Crippen LogP contribution is -2.47. The number of amides is 2. The Morgan fingerprint density at radius 2 is 2.00 bits per heavy atom. The summed E-state index contributed by atoms with van der Waals surface area (Å²) in [5, 5.41) is 1.62. The quantitative estimate of drug-likeness (QED) is 0.658. The molecular formula is C13H15NO3S. The van der Waals surface area contributed by atoms with Gasteiger partial charge in [-0.15, -0.1) is 0 Å². The molecule has 2 unspecified atom stereocenters. The maximum atomic E-state index is 12.3. The fraction of sp³-hybridized carbons (Fsp3) is 0.385. The van der Waals surface area contributed by atoms with Gasteiger partial charge in [-0.1, -0.05) is 19.1 Å². The molecule has 1 heterocycles. The number of carbonyl (C=O) groups excluding carboxylic acids is 2. The Hall–Kier alpha value is -1.33. The van der Waals surface area contributed by atoms with Gasteiger partial charge in [0.25, 0.3) is 5.91 Å². The molecule has 2 atom stereocenters. The summed E-state index contributed by atoms with van der Waals surface area (Å²) in [6.07, 6.45) is 1.54. The van der Waals surface area contributed by atoms with Crippen LogP contribution in [0.15, 0.2) is 29.2 Å². The van der Waals surface area contributed by atoms with Crippen LogP contribution in [-0.4, -0.2) is 21.6 Å². The fourth-order valence-electron chi connectivity index (χ4n) is 1.90. The van der Waals surface area contributed by atoms with E-state index < -0.39 is 22.3 Å². The van der Waals surface area contributed by atoms with E-state index in [2.05, 4.69) is 5.32 Å². The van der Waals surface area contributed by atoms with Gasteiger partial charge in [-0.2, -0.15) is 0 Å². The van der Waals surface area contributed by atoms with Gasteiger partial charge >= 0.3 is 0 Å². The van der Waals surface area contributed by atoms with Crippen molar-refractivity contribution in [3.8, 4) is 0 Å². The molecule has 1 aliphatic heterocycles. The van der Waals surface area contributed by atoms with Gasteiger partial charge in [0.15, 0.2) is 10.1 Å². The SMILES string of the molecule is CCc1ccc([S+]([O-])C2CCC(=O)NC2=O)cc1. The van der Waals surface area contributed by atoms with Crippen LogP contribution in [0.5, 0.6) is 0 Å². The van der Waals surface area contributed by atoms with Crippen molar-refractivity contribution < 1.29 is 14.1 Å². The van der Waals surface area contributed by atoms with Gasteiger partial charge < -0.3 is 4.55 Å². The predicted molar refractivity (Wildman–Crippen MR) is 68.4 cm³/mol. The van der Waals surface area contributed by atoms with Crippen molar-refractivity contribution in [2.24, 2.45) is 0 Å². The Morgan fingerprint density at radius 3 is 2.56 bits per heavy atom. The van der Waals surface area contributed by atoms with Crippen molar-refractivity contribution in [3.05, 3.63) is 29.8 Å². The molecule has 0 bridgehead atoms. The van der Waals surface area contributed by atoms with Crippen molar-refractivity contribution in [1.82, 2.24) is 5.32 Å². The maximum Gasteiger partial charge on any atom is 0.280 e. The lowest BCUT2D eigenvalue weighted by atomic mass is 10.1. The van der Waals surface area contributed by atoms with Crippen LogP contribution in [-0.2, 0) is 27.2 Å². The van der Waals surface area contributed by atoms with E-state index in [9.17, 15) is 14.1 Å². The Balaban J connectivity index is 2.12. The molecular weight excluding hydrogens is 250 g/mol. The highest BCUT2D eigenvalue weighted by Crippen LogP contribution is 2.22. The van der Waals surface area contributed by atoms with Crippen molar-refractivity contribution in [1.29, 1.82) is 0 Å². The number of nitrogens with one attached hydrogen (secondary N) is 1. The van der Waals surface area contributed by atoms with Gasteiger partial charge in [-0.3, -0.25) is 14.9 Å². The molecule has 1 saturated heterocycles. The zero-order chi connectivity index (χ0) is 13.1. The molecule has 96 valence electrons. The first-order valence-corrected chi connectivity index (χ1v) is 7.16. The first-order chi connectivity index (χ1) is 8.61. The Labute approximate surface area is 109 Å². The van der Waals surface area contributed by atoms with Crippen LogP contribution in [0, 0.1) is 0 Å². The van der Waals surface area contributed by atoms with Crippen molar-refractivity contribution >= 4 is 23.0 Å². The van der Waals surface area contributed by atoms with E-state index in [1.54, 1.807) is 12.1 Å². The zero-order valence-corrected chi connectivity index (χ0v) is 11.0. The molecule has 0 spiro atoms. The van der Waals surface area contributed by atoms with E-state index in [1.165, 1.54) is 5.56 Å². The van der Waals surface area contributed by atoms with Crippen LogP contribution in [0.4, 0.5) is 0 Å². The number of rotatable bonds is 3. The summed E-state index contributed by atoms with van der Waals surface area (Å²) in [5.74, 6) is -0.710. The van der Waals surface area contributed by atoms with E-state index in [-0.39, 0.29) is 12.3 Å². The molecule has 1 fully saturated rings. The summed E-state index contributed by atoms with van der Waals surface area (Å²) < 4.78 is 12.3. The lowest BCUT2D eigenvalue weighted by Gasteiger charge is -2.23. The number of piperidine rings is 1. The largest absolute Gasteiger partial charge is 0.611 e. The number of imide groups is 1. The number of hydrogen-bond donors (Lipinski definition) is 1. The third kappa shape index (κ3) is 2.73. The number of benzene rings is 1. The molecule has 0 saturated carbocycles. The second-order valence-corrected chi connectivity index (χ2v) is 5.87. The minimum absolute atomic E-state index is 0.259. The standard InChI is InChI=1S/C13H15NO3S/c1-2-9-3-5-10(6-4-9)18(17)11-7-8-12(15)14-13(11)16/h3-6,11H,2,7-8H2,1H3,(H,14,15,16). The molecule has 0 aliphatic carbocycles. The molecule has 0 radical (unpaired) electrons. The van der Waals surface area contributed by atoms with E-state index >= 15 is 0 Å². The van der Waals surface area contributed by atoms with Gasteiger partial charge in [0.2, 0.25) is 5.91 Å². The van der Waals surface area contributed by atoms with Crippen molar-refractivity contribution in [2.45, 2.75) is 36.3 Å². The summed E-state index contributed by atoms with van der Waals surface area (Å²) in [6.45, 7) is 2.05. The van der Waals surface area contributed by atoms with E-state index in [4.69, 9.17) is 0 Å². The smallest absolute Gasteiger partial charge is 0.280 e. The minimum Gasteiger partial charge on any atom is -0.611 e. The third-order valence-electron chi connectivity index (χ3n) is 3.01. The van der Waals surface area contributed by atoms with Crippen LogP contribution in [0.3, 0.4) is 0 Å². The first-order valence-electron chi connectivity index (χ1n) is 5.95. The molecule has 1 N–H and O–H groups in total. The fourth-order valence-corrected chi connectivity index (χ4v) is 3.22. The van der Waals surface area contributed by atoms with Gasteiger partial charge in [0, 0.05) is 12.8 Å². The predicted octanol–water partition coefficient (Wildman–Crippen LogP) is 1.16. The zero-order valence-electron chi connectivity index (χ0n) is 10.1. The Morgan fingerprint density at radius 1 is 1.33 bits per heavy atom. The second-order valence-electron chi connectivity index (χ2n) is 4.23. The molecule has 1 aromatic carbocycles. The van der Waals surface area contributed by atoms with E-state index in [0.717, 1.165) is 6.42 Å². The molecule has 5 heteroatoms. The highest BCUT2D eigenvalue weighted by Gasteiger charge is 2.36. The van der Waals surface area contributed by atoms with E-state index in [0.29, 0.717) is 11.3 Å². The monoisotopic (exact) mass is 265 g/mol. The first kappa shape index (κ1) is 13.1. The van der Waals surface area contributed by atoms with Crippen LogP contribution in [0.1, 0.15) is 25.3 Å². The van der Waals surface area contributed by atoms with E-state index in [1.807, 2.05) is 19.1 Å². The van der Waals surface area contributed by atoms with Crippen LogP contribution in [0.2, 0.25) is 0 Å². The highest BCUT2D eigenvalue weighted by atomic mass is 32.2. The molecule has 4 nitrogen and oxygen atoms in total. The topological polar surface area (TPSA) is 69.2 Å². The normalized spacial score (nSPS) is 21.6. The van der Waals surface area contributed by atoms with Gasteiger partial charge in [-0.05, 0) is 35.3 Å². The van der Waals surface area contributed by atoms with Crippen LogP contribution < -0.4 is 5.32 Å². The molecule has 1 aliphatic rings. The maximum absolute atomic E-state index is 12.3. The van der Waals surface area contributed by atoms with Gasteiger partial charge in [-0.25, -0.2) is 0 Å². The minimum atomic E-state index is -1.39. The summed E-state index contributed by atoms with van der Waals surface area (Å²) in [7, 11) is 0. The third-order valence-corrected chi connectivity index (χ3v) is 4.71. The molecule has 2 amide bonds. The summed E-state index contributed by atoms with van der Waals surface area (Å²) in [6, 6.07) is 7.41. The Bertz CT molecular complexity index is 458. The Kier molecular flexibility index (Phi) is 4.04. The summed E-state index contributed by atoms with van der Waals surface area (Å²) >= 11 is -1.39. The lowest BCUT2D eigenvalue weighted by molar-refractivity contribution is -0.132. The van der Waals surface area contributed by atoms with Gasteiger partial charge in [0.1, 0.15) is 0 Å². The molecule has 1 aromatic rings. The van der Waals surface area contributed by atoms with Gasteiger partial charge in [0.05, 0.1) is 0 Å². The van der Waals surface area contributed by atoms with Crippen molar-refractivity contribution in [3.63, 3.8) is 0 Å². The molecule has 0 aromatic heterocycles. The second kappa shape index (κ2) is 5.54. The summed E-state index contributed by atoms with van der Waals surface area (Å²) in [4.78, 5) is 23.3. The average Bonchev–Trinajstić information content (AvgIpc) is 2.38. The average molecular weight is 265 g/mol. The van der Waals surface area contributed by atoms with Crippen LogP contribution >= 0.6 is 0 Å². The number of aryl methyl sites for hydroxylation is 1. The number of carbonyl (C=O) groups is 2. The highest BCUT2D eigenvalue weighted by molar-refractivity contribution is 7.92. The number of hydrogen-bond acceptors (Lipinski definition) is 3. The molecule has 2 rings (SSSR count). The van der Waals surface area contributed by atoms with Crippen LogP contribution in [0.25, 0.3) is 0 Å². The summed E-state index contributed by atoms with van der Waals surface area (Å²) in [5.41, 5.74) is 1.17. The molecule has 18 heavy (non-hydrogen) atoms.